The van der Waals surface area contributed by atoms with Crippen molar-refractivity contribution in [3.05, 3.63) is 36.0 Å². The highest BCUT2D eigenvalue weighted by atomic mass is 16.6. The van der Waals surface area contributed by atoms with Crippen molar-refractivity contribution >= 4 is 17.0 Å². The van der Waals surface area contributed by atoms with E-state index in [-0.39, 0.29) is 12.1 Å². The SMILES string of the molecule is Cn1ccc2c(C3CNCCN3C(=O)OC(C)(C)C)cccc21. The number of hydrogen-bond acceptors (Lipinski definition) is 3. The van der Waals surface area contributed by atoms with Crippen LogP contribution in [0.15, 0.2) is 30.5 Å². The van der Waals surface area contributed by atoms with E-state index in [2.05, 4.69) is 40.3 Å². The largest absolute Gasteiger partial charge is 0.444 e. The molecule has 1 aromatic heterocycles. The third kappa shape index (κ3) is 3.20. The second-order valence-electron chi connectivity index (χ2n) is 7.10. The molecule has 0 spiro atoms. The van der Waals surface area contributed by atoms with Crippen LogP contribution >= 0.6 is 0 Å². The van der Waals surface area contributed by atoms with Gasteiger partial charge in [-0.2, -0.15) is 0 Å². The van der Waals surface area contributed by atoms with Crippen LogP contribution in [0.1, 0.15) is 32.4 Å². The molecular weight excluding hydrogens is 290 g/mol. The highest BCUT2D eigenvalue weighted by Gasteiger charge is 2.32. The van der Waals surface area contributed by atoms with Crippen LogP contribution in [-0.4, -0.2) is 40.8 Å². The first-order chi connectivity index (χ1) is 10.9. The molecule has 0 radical (unpaired) electrons. The fourth-order valence-corrected chi connectivity index (χ4v) is 3.14. The maximum atomic E-state index is 12.6. The molecule has 1 saturated heterocycles. The number of nitrogens with zero attached hydrogens (tertiary/aromatic N) is 2. The van der Waals surface area contributed by atoms with E-state index in [0.717, 1.165) is 13.1 Å². The molecule has 5 heteroatoms. The molecule has 3 rings (SSSR count). The third-order valence-electron chi connectivity index (χ3n) is 4.19. The molecule has 1 aliphatic rings. The lowest BCUT2D eigenvalue weighted by atomic mass is 10.00. The van der Waals surface area contributed by atoms with Crippen LogP contribution in [-0.2, 0) is 11.8 Å². The first-order valence-corrected chi connectivity index (χ1v) is 8.11. The van der Waals surface area contributed by atoms with Crippen LogP contribution in [0.5, 0.6) is 0 Å². The van der Waals surface area contributed by atoms with Crippen molar-refractivity contribution in [2.45, 2.75) is 32.4 Å². The summed E-state index contributed by atoms with van der Waals surface area (Å²) in [5, 5.41) is 4.59. The van der Waals surface area contributed by atoms with Crippen LogP contribution in [0, 0.1) is 0 Å². The summed E-state index contributed by atoms with van der Waals surface area (Å²) in [5.41, 5.74) is 1.86. The van der Waals surface area contributed by atoms with Crippen LogP contribution in [0.4, 0.5) is 4.79 Å². The first kappa shape index (κ1) is 15.9. The zero-order valence-electron chi connectivity index (χ0n) is 14.3. The molecule has 1 fully saturated rings. The molecule has 23 heavy (non-hydrogen) atoms. The fourth-order valence-electron chi connectivity index (χ4n) is 3.14. The molecule has 1 unspecified atom stereocenters. The van der Waals surface area contributed by atoms with Gasteiger partial charge in [-0.25, -0.2) is 4.79 Å². The van der Waals surface area contributed by atoms with Crippen molar-refractivity contribution in [1.29, 1.82) is 0 Å². The second kappa shape index (κ2) is 5.89. The Balaban J connectivity index is 1.96. The summed E-state index contributed by atoms with van der Waals surface area (Å²) in [7, 11) is 2.04. The molecule has 0 bridgehead atoms. The lowest BCUT2D eigenvalue weighted by molar-refractivity contribution is 0.0119. The summed E-state index contributed by atoms with van der Waals surface area (Å²) in [4.78, 5) is 14.5. The zero-order valence-corrected chi connectivity index (χ0v) is 14.3. The summed E-state index contributed by atoms with van der Waals surface area (Å²) in [6.45, 7) is 7.90. The van der Waals surface area contributed by atoms with E-state index in [9.17, 15) is 4.79 Å². The lowest BCUT2D eigenvalue weighted by Crippen LogP contribution is -2.50. The Morgan fingerprint density at radius 1 is 1.30 bits per heavy atom. The predicted molar refractivity (Wildman–Crippen MR) is 91.5 cm³/mol. The number of hydrogen-bond donors (Lipinski definition) is 1. The van der Waals surface area contributed by atoms with Crippen molar-refractivity contribution in [2.24, 2.45) is 7.05 Å². The summed E-state index contributed by atoms with van der Waals surface area (Å²) in [6, 6.07) is 8.38. The number of carbonyl (C=O) groups excluding carboxylic acids is 1. The Hall–Kier alpha value is -2.01. The molecule has 2 aromatic rings. The molecule has 1 atom stereocenters. The molecule has 2 heterocycles. The van der Waals surface area contributed by atoms with Gasteiger partial charge >= 0.3 is 6.09 Å². The van der Waals surface area contributed by atoms with E-state index in [1.807, 2.05) is 32.7 Å². The number of benzene rings is 1. The van der Waals surface area contributed by atoms with Crippen LogP contribution in [0.25, 0.3) is 10.9 Å². The minimum Gasteiger partial charge on any atom is -0.444 e. The average Bonchev–Trinajstić information content (AvgIpc) is 2.87. The van der Waals surface area contributed by atoms with E-state index in [1.54, 1.807) is 0 Å². The van der Waals surface area contributed by atoms with Gasteiger partial charge in [0.05, 0.1) is 6.04 Å². The fraction of sp³-hybridized carbons (Fsp3) is 0.500. The van der Waals surface area contributed by atoms with E-state index >= 15 is 0 Å². The minimum atomic E-state index is -0.481. The topological polar surface area (TPSA) is 46.5 Å². The molecule has 1 aliphatic heterocycles. The smallest absolute Gasteiger partial charge is 0.410 e. The van der Waals surface area contributed by atoms with Gasteiger partial charge in [0.15, 0.2) is 0 Å². The van der Waals surface area contributed by atoms with E-state index in [0.29, 0.717) is 6.54 Å². The number of rotatable bonds is 1. The summed E-state index contributed by atoms with van der Waals surface area (Å²) >= 11 is 0. The van der Waals surface area contributed by atoms with E-state index in [1.165, 1.54) is 16.5 Å². The Kier molecular flexibility index (Phi) is 4.06. The van der Waals surface area contributed by atoms with Gasteiger partial charge in [-0.1, -0.05) is 12.1 Å². The van der Waals surface area contributed by atoms with Gasteiger partial charge in [0.2, 0.25) is 0 Å². The van der Waals surface area contributed by atoms with Gasteiger partial charge in [-0.05, 0) is 38.5 Å². The zero-order chi connectivity index (χ0) is 16.6. The van der Waals surface area contributed by atoms with Crippen molar-refractivity contribution in [2.75, 3.05) is 19.6 Å². The van der Waals surface area contributed by atoms with Crippen molar-refractivity contribution < 1.29 is 9.53 Å². The molecule has 1 aromatic carbocycles. The lowest BCUT2D eigenvalue weighted by Gasteiger charge is -2.37. The normalized spacial score (nSPS) is 19.1. The van der Waals surface area contributed by atoms with Gasteiger partial charge in [0, 0.05) is 43.8 Å². The number of ether oxygens (including phenoxy) is 1. The molecule has 5 nitrogen and oxygen atoms in total. The third-order valence-corrected chi connectivity index (χ3v) is 4.19. The summed E-state index contributed by atoms with van der Waals surface area (Å²) in [6.07, 6.45) is 1.82. The Morgan fingerprint density at radius 2 is 2.09 bits per heavy atom. The van der Waals surface area contributed by atoms with Crippen LogP contribution < -0.4 is 5.32 Å². The number of carbonyl (C=O) groups is 1. The Morgan fingerprint density at radius 3 is 2.83 bits per heavy atom. The monoisotopic (exact) mass is 315 g/mol. The van der Waals surface area contributed by atoms with Crippen LogP contribution in [0.3, 0.4) is 0 Å². The molecular formula is C18H25N3O2. The minimum absolute atomic E-state index is 0.00954. The van der Waals surface area contributed by atoms with Gasteiger partial charge in [-0.3, -0.25) is 4.90 Å². The van der Waals surface area contributed by atoms with Crippen LogP contribution in [0.2, 0.25) is 0 Å². The molecule has 0 saturated carbocycles. The molecule has 1 N–H and O–H groups in total. The first-order valence-electron chi connectivity index (χ1n) is 8.11. The van der Waals surface area contributed by atoms with Crippen molar-refractivity contribution in [3.8, 4) is 0 Å². The molecule has 0 aliphatic carbocycles. The quantitative estimate of drug-likeness (QED) is 0.880. The number of amides is 1. The van der Waals surface area contributed by atoms with Gasteiger partial charge < -0.3 is 14.6 Å². The standard InChI is InChI=1S/C18H25N3O2/c1-18(2,3)23-17(22)21-11-9-19-12-16(21)13-6-5-7-15-14(13)8-10-20(15)4/h5-8,10,16,19H,9,11-12H2,1-4H3. The number of aromatic nitrogens is 1. The Labute approximate surface area is 137 Å². The molecule has 124 valence electrons. The maximum absolute atomic E-state index is 12.6. The van der Waals surface area contributed by atoms with E-state index in [4.69, 9.17) is 4.74 Å². The van der Waals surface area contributed by atoms with Gasteiger partial charge in [0.25, 0.3) is 0 Å². The summed E-state index contributed by atoms with van der Waals surface area (Å²) in [5.74, 6) is 0. The highest BCUT2D eigenvalue weighted by Crippen LogP contribution is 2.30. The highest BCUT2D eigenvalue weighted by molar-refractivity contribution is 5.84. The average molecular weight is 315 g/mol. The maximum Gasteiger partial charge on any atom is 0.410 e. The number of piperazine rings is 1. The predicted octanol–water partition coefficient (Wildman–Crippen LogP) is 3.06. The summed E-state index contributed by atoms with van der Waals surface area (Å²) < 4.78 is 7.70. The van der Waals surface area contributed by atoms with Crippen molar-refractivity contribution in [1.82, 2.24) is 14.8 Å². The molecule has 1 amide bonds. The van der Waals surface area contributed by atoms with Gasteiger partial charge in [-0.15, -0.1) is 0 Å². The van der Waals surface area contributed by atoms with Gasteiger partial charge in [0.1, 0.15) is 5.60 Å². The van der Waals surface area contributed by atoms with Crippen molar-refractivity contribution in [3.63, 3.8) is 0 Å². The number of aryl methyl sites for hydroxylation is 1. The Bertz CT molecular complexity index is 715. The number of fused-ring (bicyclic) bond motifs is 1. The second-order valence-corrected chi connectivity index (χ2v) is 7.10. The number of nitrogens with one attached hydrogen (secondary N) is 1. The van der Waals surface area contributed by atoms with E-state index < -0.39 is 5.60 Å².